The molecule has 0 radical (unpaired) electrons. The summed E-state index contributed by atoms with van der Waals surface area (Å²) in [6, 6.07) is 10.0. The fraction of sp³-hybridized carbons (Fsp3) is 0.154. The van der Waals surface area contributed by atoms with E-state index >= 15 is 0 Å². The number of benzene rings is 1. The number of carbonyl (C=O) groups excluding carboxylic acids is 1. The molecule has 0 fully saturated rings. The van der Waals surface area contributed by atoms with E-state index in [4.69, 9.17) is 0 Å². The second-order valence-electron chi connectivity index (χ2n) is 3.48. The molecule has 1 aliphatic rings. The molecular formula is C13H12O. The molecule has 0 heterocycles. The van der Waals surface area contributed by atoms with Crippen LogP contribution in [0.25, 0.3) is 5.57 Å². The van der Waals surface area contributed by atoms with Crippen LogP contribution in [0.15, 0.2) is 48.6 Å². The van der Waals surface area contributed by atoms with E-state index in [0.29, 0.717) is 0 Å². The van der Waals surface area contributed by atoms with E-state index in [9.17, 15) is 4.79 Å². The Balaban J connectivity index is 2.46. The predicted octanol–water partition coefficient (Wildman–Crippen LogP) is 2.85. The van der Waals surface area contributed by atoms with Gasteiger partial charge in [0.15, 0.2) is 5.78 Å². The summed E-state index contributed by atoms with van der Waals surface area (Å²) in [5.41, 5.74) is 3.14. The molecular weight excluding hydrogens is 172 g/mol. The molecule has 1 heteroatoms. The summed E-state index contributed by atoms with van der Waals surface area (Å²) in [6.45, 7) is 5.57. The van der Waals surface area contributed by atoms with Gasteiger partial charge >= 0.3 is 0 Å². The van der Waals surface area contributed by atoms with Crippen molar-refractivity contribution in [3.8, 4) is 0 Å². The van der Waals surface area contributed by atoms with Gasteiger partial charge in [0.2, 0.25) is 0 Å². The molecule has 1 aromatic rings. The molecule has 0 aliphatic heterocycles. The van der Waals surface area contributed by atoms with Gasteiger partial charge in [-0.15, -0.1) is 6.58 Å². The number of allylic oxidation sites excluding steroid dienone is 3. The smallest absolute Gasteiger partial charge is 0.170 e. The van der Waals surface area contributed by atoms with Crippen molar-refractivity contribution < 1.29 is 4.79 Å². The highest BCUT2D eigenvalue weighted by molar-refractivity contribution is 6.19. The molecule has 14 heavy (non-hydrogen) atoms. The maximum atomic E-state index is 11.4. The first-order valence-corrected chi connectivity index (χ1v) is 4.68. The highest BCUT2D eigenvalue weighted by Crippen LogP contribution is 2.38. The molecule has 1 aliphatic carbocycles. The Hall–Kier alpha value is -1.63. The number of Topliss-reactive ketones (excluding diaryl/α,β-unsaturated/α-hetero) is 1. The van der Waals surface area contributed by atoms with Crippen LogP contribution in [0.3, 0.4) is 0 Å². The van der Waals surface area contributed by atoms with Crippen molar-refractivity contribution in [2.24, 2.45) is 5.92 Å². The van der Waals surface area contributed by atoms with Gasteiger partial charge in [-0.2, -0.15) is 0 Å². The molecule has 1 atom stereocenters. The predicted molar refractivity (Wildman–Crippen MR) is 57.7 cm³/mol. The third-order valence-corrected chi connectivity index (χ3v) is 2.69. The Morgan fingerprint density at radius 3 is 2.50 bits per heavy atom. The monoisotopic (exact) mass is 184 g/mol. The van der Waals surface area contributed by atoms with Crippen LogP contribution in [0.2, 0.25) is 0 Å². The normalized spacial score (nSPS) is 20.6. The largest absolute Gasteiger partial charge is 0.293 e. The van der Waals surface area contributed by atoms with E-state index in [1.807, 2.05) is 37.3 Å². The molecule has 0 saturated carbocycles. The first kappa shape index (κ1) is 8.95. The lowest BCUT2D eigenvalue weighted by molar-refractivity contribution is -0.117. The fourth-order valence-electron chi connectivity index (χ4n) is 1.89. The van der Waals surface area contributed by atoms with Crippen LogP contribution in [0, 0.1) is 5.92 Å². The van der Waals surface area contributed by atoms with E-state index < -0.39 is 0 Å². The van der Waals surface area contributed by atoms with Crippen LogP contribution in [0.4, 0.5) is 0 Å². The number of hydrogen-bond acceptors (Lipinski definition) is 1. The highest BCUT2D eigenvalue weighted by atomic mass is 16.1. The van der Waals surface area contributed by atoms with Crippen molar-refractivity contribution in [3.05, 3.63) is 54.1 Å². The Morgan fingerprint density at radius 2 is 1.93 bits per heavy atom. The Kier molecular flexibility index (Phi) is 2.08. The maximum absolute atomic E-state index is 11.4. The number of carbonyl (C=O) groups is 1. The minimum absolute atomic E-state index is 0.0857. The van der Waals surface area contributed by atoms with Gasteiger partial charge in [0, 0.05) is 0 Å². The SMILES string of the molecule is C=CC1C(=O)C(C)=C1c1ccccc1. The van der Waals surface area contributed by atoms with Crippen molar-refractivity contribution in [3.63, 3.8) is 0 Å². The second-order valence-corrected chi connectivity index (χ2v) is 3.48. The van der Waals surface area contributed by atoms with Gasteiger partial charge in [0.1, 0.15) is 0 Å². The van der Waals surface area contributed by atoms with Crippen LogP contribution in [0.5, 0.6) is 0 Å². The third-order valence-electron chi connectivity index (χ3n) is 2.69. The zero-order chi connectivity index (χ0) is 10.1. The maximum Gasteiger partial charge on any atom is 0.170 e. The summed E-state index contributed by atoms with van der Waals surface area (Å²) in [7, 11) is 0. The van der Waals surface area contributed by atoms with Crippen LogP contribution < -0.4 is 0 Å². The van der Waals surface area contributed by atoms with Gasteiger partial charge in [0.25, 0.3) is 0 Å². The zero-order valence-electron chi connectivity index (χ0n) is 8.16. The molecule has 0 amide bonds. The molecule has 1 nitrogen and oxygen atoms in total. The van der Waals surface area contributed by atoms with Crippen LogP contribution in [-0.2, 0) is 4.79 Å². The van der Waals surface area contributed by atoms with Crippen molar-refractivity contribution in [2.75, 3.05) is 0 Å². The van der Waals surface area contributed by atoms with Crippen LogP contribution in [0.1, 0.15) is 12.5 Å². The van der Waals surface area contributed by atoms with E-state index in [-0.39, 0.29) is 11.7 Å². The van der Waals surface area contributed by atoms with Gasteiger partial charge < -0.3 is 0 Å². The molecule has 0 saturated heterocycles. The lowest BCUT2D eigenvalue weighted by Crippen LogP contribution is -2.27. The summed E-state index contributed by atoms with van der Waals surface area (Å²) in [5, 5.41) is 0. The van der Waals surface area contributed by atoms with E-state index in [1.165, 1.54) is 0 Å². The molecule has 1 unspecified atom stereocenters. The lowest BCUT2D eigenvalue weighted by atomic mass is 9.73. The molecule has 2 rings (SSSR count). The summed E-state index contributed by atoms with van der Waals surface area (Å²) >= 11 is 0. The average molecular weight is 184 g/mol. The topological polar surface area (TPSA) is 17.1 Å². The summed E-state index contributed by atoms with van der Waals surface area (Å²) < 4.78 is 0. The zero-order valence-corrected chi connectivity index (χ0v) is 8.16. The Labute approximate surface area is 83.8 Å². The summed E-state index contributed by atoms with van der Waals surface area (Å²) in [6.07, 6.45) is 1.72. The molecule has 0 bridgehead atoms. The number of rotatable bonds is 2. The Bertz CT molecular complexity index is 412. The van der Waals surface area contributed by atoms with E-state index in [0.717, 1.165) is 16.7 Å². The first-order chi connectivity index (χ1) is 6.75. The van der Waals surface area contributed by atoms with Crippen molar-refractivity contribution in [1.82, 2.24) is 0 Å². The summed E-state index contributed by atoms with van der Waals surface area (Å²) in [5.74, 6) is 0.122. The van der Waals surface area contributed by atoms with E-state index in [1.54, 1.807) is 6.08 Å². The van der Waals surface area contributed by atoms with Crippen molar-refractivity contribution in [1.29, 1.82) is 0 Å². The molecule has 0 aromatic heterocycles. The minimum atomic E-state index is -0.0857. The van der Waals surface area contributed by atoms with Gasteiger partial charge in [-0.05, 0) is 23.6 Å². The van der Waals surface area contributed by atoms with Gasteiger partial charge in [0.05, 0.1) is 5.92 Å². The minimum Gasteiger partial charge on any atom is -0.293 e. The number of ketones is 1. The van der Waals surface area contributed by atoms with Crippen LogP contribution >= 0.6 is 0 Å². The quantitative estimate of drug-likeness (QED) is 0.646. The molecule has 70 valence electrons. The van der Waals surface area contributed by atoms with Gasteiger partial charge in [-0.3, -0.25) is 4.79 Å². The van der Waals surface area contributed by atoms with Crippen molar-refractivity contribution >= 4 is 11.4 Å². The van der Waals surface area contributed by atoms with Crippen LogP contribution in [-0.4, -0.2) is 5.78 Å². The van der Waals surface area contributed by atoms with Crippen molar-refractivity contribution in [2.45, 2.75) is 6.92 Å². The third kappa shape index (κ3) is 1.13. The first-order valence-electron chi connectivity index (χ1n) is 4.68. The van der Waals surface area contributed by atoms with Gasteiger partial charge in [-0.1, -0.05) is 36.4 Å². The molecule has 1 aromatic carbocycles. The average Bonchev–Trinajstić information content (AvgIpc) is 2.25. The summed E-state index contributed by atoms with van der Waals surface area (Å²) in [4.78, 5) is 11.4. The fourth-order valence-corrected chi connectivity index (χ4v) is 1.89. The molecule has 0 N–H and O–H groups in total. The molecule has 0 spiro atoms. The number of hydrogen-bond donors (Lipinski definition) is 0. The lowest BCUT2D eigenvalue weighted by Gasteiger charge is -2.28. The Morgan fingerprint density at radius 1 is 1.29 bits per heavy atom. The van der Waals surface area contributed by atoms with E-state index in [2.05, 4.69) is 6.58 Å². The standard InChI is InChI=1S/C13H12O/c1-3-11-12(9(2)13(11)14)10-7-5-4-6-8-10/h3-8,11H,1H2,2H3. The highest BCUT2D eigenvalue weighted by Gasteiger charge is 2.34. The second kappa shape index (κ2) is 3.26. The van der Waals surface area contributed by atoms with Gasteiger partial charge in [-0.25, -0.2) is 0 Å².